The van der Waals surface area contributed by atoms with Crippen LogP contribution in [0.4, 0.5) is 8.78 Å². The number of aromatic nitrogens is 2. The minimum Gasteiger partial charge on any atom is -0.497 e. The highest BCUT2D eigenvalue weighted by molar-refractivity contribution is 14.0. The lowest BCUT2D eigenvalue weighted by Gasteiger charge is -2.15. The van der Waals surface area contributed by atoms with Crippen LogP contribution in [0.1, 0.15) is 17.8 Å². The summed E-state index contributed by atoms with van der Waals surface area (Å²) in [6.45, 7) is 0.875. The van der Waals surface area contributed by atoms with Gasteiger partial charge in [0.2, 0.25) is 0 Å². The Hall–Kier alpha value is -2.63. The van der Waals surface area contributed by atoms with Crippen molar-refractivity contribution in [1.82, 2.24) is 20.2 Å². The molecule has 3 aromatic rings. The van der Waals surface area contributed by atoms with Crippen LogP contribution in [0.3, 0.4) is 0 Å². The number of aliphatic imine (C=N–C) groups is 1. The number of halogens is 3. The Kier molecular flexibility index (Phi) is 9.95. The zero-order valence-corrected chi connectivity index (χ0v) is 20.6. The summed E-state index contributed by atoms with van der Waals surface area (Å²) < 4.78 is 37.3. The number of rotatable bonds is 9. The van der Waals surface area contributed by atoms with Crippen LogP contribution >= 0.6 is 24.0 Å². The van der Waals surface area contributed by atoms with E-state index in [0.29, 0.717) is 23.8 Å². The Labute approximate surface area is 203 Å². The molecule has 0 spiro atoms. The Morgan fingerprint density at radius 2 is 1.97 bits per heavy atom. The number of nitrogens with zero attached hydrogens (tertiary/aromatic N) is 3. The van der Waals surface area contributed by atoms with E-state index in [1.165, 1.54) is 13.2 Å². The predicted molar refractivity (Wildman–Crippen MR) is 132 cm³/mol. The second kappa shape index (κ2) is 12.4. The van der Waals surface area contributed by atoms with Gasteiger partial charge in [-0.3, -0.25) is 4.99 Å². The third-order valence-electron chi connectivity index (χ3n) is 4.86. The summed E-state index contributed by atoms with van der Waals surface area (Å²) in [7, 11) is 3.13. The van der Waals surface area contributed by atoms with Crippen LogP contribution in [0.5, 0.6) is 11.5 Å². The van der Waals surface area contributed by atoms with Crippen molar-refractivity contribution in [2.45, 2.75) is 33.0 Å². The molecule has 0 bridgehead atoms. The normalized spacial score (nSPS) is 11.4. The molecule has 0 saturated heterocycles. The standard InChI is InChI=1S/C22H27F2N5O2.HI/c1-15-28-18-7-4-5-8-19(18)29(15)12-6-11-26-22(25-2)27-14-16-9-10-17(30-3)13-20(16)31-21(23)24;/h4-5,7-10,13,21H,6,11-12,14H2,1-3H3,(H2,25,26,27);1H. The van der Waals surface area contributed by atoms with Crippen LogP contribution in [0.25, 0.3) is 11.0 Å². The highest BCUT2D eigenvalue weighted by atomic mass is 127. The first-order valence-electron chi connectivity index (χ1n) is 10.00. The van der Waals surface area contributed by atoms with Crippen molar-refractivity contribution in [3.05, 3.63) is 53.9 Å². The minimum absolute atomic E-state index is 0. The van der Waals surface area contributed by atoms with Crippen molar-refractivity contribution < 1.29 is 18.3 Å². The summed E-state index contributed by atoms with van der Waals surface area (Å²) in [6, 6.07) is 12.9. The number of alkyl halides is 2. The number of imidazole rings is 1. The van der Waals surface area contributed by atoms with Gasteiger partial charge in [0.1, 0.15) is 17.3 Å². The second-order valence-corrected chi connectivity index (χ2v) is 6.86. The molecule has 0 amide bonds. The molecular formula is C22H28F2IN5O2. The number of hydrogen-bond donors (Lipinski definition) is 2. The van der Waals surface area contributed by atoms with Crippen LogP contribution in [-0.2, 0) is 13.1 Å². The summed E-state index contributed by atoms with van der Waals surface area (Å²) in [4.78, 5) is 8.77. The van der Waals surface area contributed by atoms with Gasteiger partial charge in [0.15, 0.2) is 5.96 Å². The molecule has 0 aliphatic heterocycles. The first kappa shape index (κ1) is 25.6. The Morgan fingerprint density at radius 1 is 1.19 bits per heavy atom. The van der Waals surface area contributed by atoms with Crippen molar-refractivity contribution in [2.75, 3.05) is 20.7 Å². The van der Waals surface area contributed by atoms with Gasteiger partial charge in [0.05, 0.1) is 18.1 Å². The van der Waals surface area contributed by atoms with Gasteiger partial charge in [-0.05, 0) is 37.6 Å². The van der Waals surface area contributed by atoms with E-state index in [0.717, 1.165) is 29.8 Å². The maximum Gasteiger partial charge on any atom is 0.387 e. The van der Waals surface area contributed by atoms with Crippen molar-refractivity contribution in [3.8, 4) is 11.5 Å². The highest BCUT2D eigenvalue weighted by Gasteiger charge is 2.12. The van der Waals surface area contributed by atoms with E-state index in [4.69, 9.17) is 4.74 Å². The van der Waals surface area contributed by atoms with Crippen molar-refractivity contribution >= 4 is 41.0 Å². The smallest absolute Gasteiger partial charge is 0.387 e. The third kappa shape index (κ3) is 6.68. The van der Waals surface area contributed by atoms with Gasteiger partial charge in [0.25, 0.3) is 0 Å². The molecule has 0 fully saturated rings. The third-order valence-corrected chi connectivity index (χ3v) is 4.86. The van der Waals surface area contributed by atoms with Crippen molar-refractivity contribution in [1.29, 1.82) is 0 Å². The molecule has 10 heteroatoms. The zero-order valence-electron chi connectivity index (χ0n) is 18.3. The molecule has 2 N–H and O–H groups in total. The number of aryl methyl sites for hydroxylation is 2. The molecule has 3 rings (SSSR count). The summed E-state index contributed by atoms with van der Waals surface area (Å²) in [5.41, 5.74) is 2.69. The molecule has 0 aliphatic rings. The molecular weight excluding hydrogens is 531 g/mol. The Balaban J connectivity index is 0.00000363. The van der Waals surface area contributed by atoms with Gasteiger partial charge in [-0.2, -0.15) is 8.78 Å². The molecule has 0 atom stereocenters. The van der Waals surface area contributed by atoms with Gasteiger partial charge in [-0.15, -0.1) is 24.0 Å². The van der Waals surface area contributed by atoms with Gasteiger partial charge in [0, 0.05) is 38.3 Å². The SMILES string of the molecule is CN=C(NCCCn1c(C)nc2ccccc21)NCc1ccc(OC)cc1OC(F)F.I. The average molecular weight is 559 g/mol. The van der Waals surface area contributed by atoms with Gasteiger partial charge in [-0.25, -0.2) is 4.98 Å². The molecule has 174 valence electrons. The van der Waals surface area contributed by atoms with Gasteiger partial charge < -0.3 is 24.7 Å². The minimum atomic E-state index is -2.91. The topological polar surface area (TPSA) is 72.7 Å². The lowest BCUT2D eigenvalue weighted by Crippen LogP contribution is -2.37. The first-order chi connectivity index (χ1) is 15.0. The second-order valence-electron chi connectivity index (χ2n) is 6.86. The van der Waals surface area contributed by atoms with Crippen LogP contribution in [0, 0.1) is 6.92 Å². The lowest BCUT2D eigenvalue weighted by molar-refractivity contribution is -0.0505. The van der Waals surface area contributed by atoms with E-state index >= 15 is 0 Å². The van der Waals surface area contributed by atoms with Crippen molar-refractivity contribution in [3.63, 3.8) is 0 Å². The summed E-state index contributed by atoms with van der Waals surface area (Å²) in [6.07, 6.45) is 0.865. The highest BCUT2D eigenvalue weighted by Crippen LogP contribution is 2.26. The fourth-order valence-electron chi connectivity index (χ4n) is 3.34. The maximum absolute atomic E-state index is 12.7. The number of para-hydroxylation sites is 2. The van der Waals surface area contributed by atoms with Crippen LogP contribution in [-0.4, -0.2) is 42.8 Å². The summed E-state index contributed by atoms with van der Waals surface area (Å²) in [5.74, 6) is 2.07. The Morgan fingerprint density at radius 3 is 2.69 bits per heavy atom. The molecule has 0 unspecified atom stereocenters. The van der Waals surface area contributed by atoms with Crippen LogP contribution in [0.15, 0.2) is 47.5 Å². The van der Waals surface area contributed by atoms with Crippen molar-refractivity contribution in [2.24, 2.45) is 4.99 Å². The maximum atomic E-state index is 12.7. The number of ether oxygens (including phenoxy) is 2. The molecule has 32 heavy (non-hydrogen) atoms. The number of benzene rings is 2. The van der Waals surface area contributed by atoms with E-state index in [2.05, 4.69) is 36.0 Å². The van der Waals surface area contributed by atoms with Gasteiger partial charge >= 0.3 is 6.61 Å². The lowest BCUT2D eigenvalue weighted by atomic mass is 10.2. The fraction of sp³-hybridized carbons (Fsp3) is 0.364. The molecule has 0 saturated carbocycles. The van der Waals surface area contributed by atoms with E-state index in [9.17, 15) is 8.78 Å². The van der Waals surface area contributed by atoms with E-state index in [1.807, 2.05) is 25.1 Å². The van der Waals surface area contributed by atoms with Crippen LogP contribution in [0.2, 0.25) is 0 Å². The predicted octanol–water partition coefficient (Wildman–Crippen LogP) is 4.33. The molecule has 1 heterocycles. The quantitative estimate of drug-likeness (QED) is 0.177. The molecule has 0 aliphatic carbocycles. The number of fused-ring (bicyclic) bond motifs is 1. The summed E-state index contributed by atoms with van der Waals surface area (Å²) >= 11 is 0. The number of methoxy groups -OCH3 is 1. The molecule has 2 aromatic carbocycles. The van der Waals surface area contributed by atoms with E-state index in [-0.39, 0.29) is 36.3 Å². The number of guanidine groups is 1. The number of nitrogens with one attached hydrogen (secondary N) is 2. The van der Waals surface area contributed by atoms with Crippen LogP contribution < -0.4 is 20.1 Å². The monoisotopic (exact) mass is 559 g/mol. The average Bonchev–Trinajstić information content (AvgIpc) is 3.08. The largest absolute Gasteiger partial charge is 0.497 e. The Bertz CT molecular complexity index is 1040. The molecule has 0 radical (unpaired) electrons. The molecule has 7 nitrogen and oxygen atoms in total. The zero-order chi connectivity index (χ0) is 22.2. The van der Waals surface area contributed by atoms with E-state index in [1.54, 1.807) is 19.2 Å². The number of hydrogen-bond acceptors (Lipinski definition) is 4. The van der Waals surface area contributed by atoms with Gasteiger partial charge in [-0.1, -0.05) is 12.1 Å². The molecule has 1 aromatic heterocycles. The fourth-order valence-corrected chi connectivity index (χ4v) is 3.34. The first-order valence-corrected chi connectivity index (χ1v) is 10.00. The van der Waals surface area contributed by atoms with E-state index < -0.39 is 6.61 Å². The summed E-state index contributed by atoms with van der Waals surface area (Å²) in [5, 5.41) is 6.37.